The highest BCUT2D eigenvalue weighted by molar-refractivity contribution is 7.99. The standard InChI is InChI=1S/C15H21NO2S/c1-10-4-7-13(11(2)8-10)19-9-15(16,12-5-6-12)14(17)18-3/h4,7-8,12H,5-6,9,16H2,1-3H3. The van der Waals surface area contributed by atoms with Crippen molar-refractivity contribution in [3.63, 3.8) is 0 Å². The zero-order valence-electron chi connectivity index (χ0n) is 11.7. The van der Waals surface area contributed by atoms with Gasteiger partial charge in [0.25, 0.3) is 0 Å². The summed E-state index contributed by atoms with van der Waals surface area (Å²) in [5.41, 5.74) is 7.93. The van der Waals surface area contributed by atoms with Crippen molar-refractivity contribution in [3.05, 3.63) is 29.3 Å². The van der Waals surface area contributed by atoms with Crippen LogP contribution in [0.25, 0.3) is 0 Å². The van der Waals surface area contributed by atoms with Gasteiger partial charge < -0.3 is 10.5 Å². The Labute approximate surface area is 118 Å². The van der Waals surface area contributed by atoms with Gasteiger partial charge in [0.05, 0.1) is 7.11 Å². The molecule has 19 heavy (non-hydrogen) atoms. The fourth-order valence-corrected chi connectivity index (χ4v) is 3.49. The third-order valence-electron chi connectivity index (χ3n) is 3.67. The molecule has 2 N–H and O–H groups in total. The first kappa shape index (κ1) is 14.4. The van der Waals surface area contributed by atoms with Gasteiger partial charge in [-0.05, 0) is 44.2 Å². The second-order valence-electron chi connectivity index (χ2n) is 5.36. The predicted octanol–water partition coefficient (Wildman–Crippen LogP) is 2.68. The molecule has 1 unspecified atom stereocenters. The molecule has 0 radical (unpaired) electrons. The van der Waals surface area contributed by atoms with Gasteiger partial charge in [-0.25, -0.2) is 0 Å². The van der Waals surface area contributed by atoms with Gasteiger partial charge in [0.1, 0.15) is 5.54 Å². The van der Waals surface area contributed by atoms with E-state index in [2.05, 4.69) is 32.0 Å². The van der Waals surface area contributed by atoms with Crippen LogP contribution in [-0.2, 0) is 9.53 Å². The Balaban J connectivity index is 2.09. The highest BCUT2D eigenvalue weighted by atomic mass is 32.2. The fourth-order valence-electron chi connectivity index (χ4n) is 2.29. The summed E-state index contributed by atoms with van der Waals surface area (Å²) in [5, 5.41) is 0. The van der Waals surface area contributed by atoms with Gasteiger partial charge in [0.2, 0.25) is 0 Å². The number of ether oxygens (including phenoxy) is 1. The van der Waals surface area contributed by atoms with Crippen molar-refractivity contribution in [2.24, 2.45) is 11.7 Å². The van der Waals surface area contributed by atoms with Crippen LogP contribution >= 0.6 is 11.8 Å². The highest BCUT2D eigenvalue weighted by Crippen LogP contribution is 2.41. The maximum atomic E-state index is 11.9. The molecule has 0 amide bonds. The lowest BCUT2D eigenvalue weighted by molar-refractivity contribution is -0.146. The van der Waals surface area contributed by atoms with Gasteiger partial charge in [0, 0.05) is 10.6 Å². The number of hydrogen-bond donors (Lipinski definition) is 1. The Hall–Kier alpha value is -1.00. The molecule has 1 saturated carbocycles. The number of rotatable bonds is 5. The summed E-state index contributed by atoms with van der Waals surface area (Å²) in [6, 6.07) is 6.33. The number of carbonyl (C=O) groups is 1. The van der Waals surface area contributed by atoms with Crippen molar-refractivity contribution in [1.29, 1.82) is 0 Å². The van der Waals surface area contributed by atoms with Gasteiger partial charge in [-0.2, -0.15) is 0 Å². The van der Waals surface area contributed by atoms with Crippen LogP contribution in [0.4, 0.5) is 0 Å². The number of nitrogens with two attached hydrogens (primary N) is 1. The minimum atomic E-state index is -0.837. The number of thioether (sulfide) groups is 1. The zero-order valence-corrected chi connectivity index (χ0v) is 12.5. The monoisotopic (exact) mass is 279 g/mol. The normalized spacial score (nSPS) is 17.9. The third kappa shape index (κ3) is 3.12. The van der Waals surface area contributed by atoms with Crippen LogP contribution in [0.1, 0.15) is 24.0 Å². The van der Waals surface area contributed by atoms with E-state index in [0.29, 0.717) is 5.75 Å². The molecule has 0 heterocycles. The Bertz CT molecular complexity index is 485. The van der Waals surface area contributed by atoms with Gasteiger partial charge in [-0.15, -0.1) is 11.8 Å². The number of aryl methyl sites for hydroxylation is 2. The van der Waals surface area contributed by atoms with Gasteiger partial charge in [0.15, 0.2) is 0 Å². The molecule has 3 nitrogen and oxygen atoms in total. The Morgan fingerprint density at radius 2 is 2.16 bits per heavy atom. The molecular formula is C15H21NO2S. The summed E-state index contributed by atoms with van der Waals surface area (Å²) in [4.78, 5) is 13.1. The number of methoxy groups -OCH3 is 1. The van der Waals surface area contributed by atoms with E-state index in [4.69, 9.17) is 10.5 Å². The summed E-state index contributed by atoms with van der Waals surface area (Å²) >= 11 is 1.65. The Kier molecular flexibility index (Phi) is 4.21. The summed E-state index contributed by atoms with van der Waals surface area (Å²) in [5.74, 6) is 0.569. The van der Waals surface area contributed by atoms with Crippen LogP contribution in [0.3, 0.4) is 0 Å². The SMILES string of the molecule is COC(=O)C(N)(CSc1ccc(C)cc1C)C1CC1. The minimum Gasteiger partial charge on any atom is -0.468 e. The number of hydrogen-bond acceptors (Lipinski definition) is 4. The molecule has 1 aliphatic carbocycles. The van der Waals surface area contributed by atoms with E-state index < -0.39 is 5.54 Å². The number of benzene rings is 1. The van der Waals surface area contributed by atoms with Crippen molar-refractivity contribution >= 4 is 17.7 Å². The Morgan fingerprint density at radius 3 is 2.68 bits per heavy atom. The maximum Gasteiger partial charge on any atom is 0.327 e. The lowest BCUT2D eigenvalue weighted by Crippen LogP contribution is -2.53. The van der Waals surface area contributed by atoms with Crippen molar-refractivity contribution in [3.8, 4) is 0 Å². The molecule has 0 aromatic heterocycles. The van der Waals surface area contributed by atoms with Gasteiger partial charge in [-0.3, -0.25) is 4.79 Å². The average Bonchev–Trinajstić information content (AvgIpc) is 3.21. The molecule has 1 fully saturated rings. The summed E-state index contributed by atoms with van der Waals surface area (Å²) in [6.07, 6.45) is 2.05. The van der Waals surface area contributed by atoms with Gasteiger partial charge >= 0.3 is 5.97 Å². The van der Waals surface area contributed by atoms with Crippen LogP contribution < -0.4 is 5.73 Å². The minimum absolute atomic E-state index is 0.276. The zero-order chi connectivity index (χ0) is 14.0. The van der Waals surface area contributed by atoms with Crippen LogP contribution in [-0.4, -0.2) is 24.4 Å². The number of carbonyl (C=O) groups excluding carboxylic acids is 1. The van der Waals surface area contributed by atoms with E-state index in [-0.39, 0.29) is 11.9 Å². The first-order valence-corrected chi connectivity index (χ1v) is 7.53. The van der Waals surface area contributed by atoms with Crippen molar-refractivity contribution < 1.29 is 9.53 Å². The molecule has 0 bridgehead atoms. The van der Waals surface area contributed by atoms with E-state index in [1.54, 1.807) is 11.8 Å². The molecule has 1 aromatic carbocycles. The van der Waals surface area contributed by atoms with E-state index in [0.717, 1.165) is 12.8 Å². The predicted molar refractivity (Wildman–Crippen MR) is 78.3 cm³/mol. The van der Waals surface area contributed by atoms with E-state index >= 15 is 0 Å². The summed E-state index contributed by atoms with van der Waals surface area (Å²) < 4.78 is 4.88. The lowest BCUT2D eigenvalue weighted by Gasteiger charge is -2.26. The van der Waals surface area contributed by atoms with Crippen LogP contribution in [0.5, 0.6) is 0 Å². The molecule has 2 rings (SSSR count). The Morgan fingerprint density at radius 1 is 1.47 bits per heavy atom. The van der Waals surface area contributed by atoms with Crippen LogP contribution in [0.2, 0.25) is 0 Å². The highest BCUT2D eigenvalue weighted by Gasteiger charge is 2.48. The molecular weight excluding hydrogens is 258 g/mol. The van der Waals surface area contributed by atoms with E-state index in [1.165, 1.54) is 23.1 Å². The van der Waals surface area contributed by atoms with Gasteiger partial charge in [-0.1, -0.05) is 17.7 Å². The summed E-state index contributed by atoms with van der Waals surface area (Å²) in [7, 11) is 1.41. The molecule has 0 saturated heterocycles. The molecule has 104 valence electrons. The quantitative estimate of drug-likeness (QED) is 0.665. The van der Waals surface area contributed by atoms with E-state index in [9.17, 15) is 4.79 Å². The second-order valence-corrected chi connectivity index (χ2v) is 6.38. The van der Waals surface area contributed by atoms with Crippen molar-refractivity contribution in [2.75, 3.05) is 12.9 Å². The fraction of sp³-hybridized carbons (Fsp3) is 0.533. The number of esters is 1. The van der Waals surface area contributed by atoms with Crippen molar-refractivity contribution in [1.82, 2.24) is 0 Å². The molecule has 0 spiro atoms. The van der Waals surface area contributed by atoms with E-state index in [1.807, 2.05) is 0 Å². The first-order chi connectivity index (χ1) is 8.97. The van der Waals surface area contributed by atoms with Crippen LogP contribution in [0.15, 0.2) is 23.1 Å². The molecule has 1 atom stereocenters. The molecule has 0 aliphatic heterocycles. The van der Waals surface area contributed by atoms with Crippen LogP contribution in [0, 0.1) is 19.8 Å². The first-order valence-electron chi connectivity index (χ1n) is 6.54. The topological polar surface area (TPSA) is 52.3 Å². The lowest BCUT2D eigenvalue weighted by atomic mass is 9.97. The average molecular weight is 279 g/mol. The molecule has 1 aliphatic rings. The second kappa shape index (κ2) is 5.55. The summed E-state index contributed by atoms with van der Waals surface area (Å²) in [6.45, 7) is 4.16. The smallest absolute Gasteiger partial charge is 0.327 e. The maximum absolute atomic E-state index is 11.9. The largest absolute Gasteiger partial charge is 0.468 e. The van der Waals surface area contributed by atoms with Crippen molar-refractivity contribution in [2.45, 2.75) is 37.1 Å². The molecule has 4 heteroatoms. The molecule has 1 aromatic rings. The third-order valence-corrected chi connectivity index (χ3v) is 5.06.